The molecular weight excluding hydrogens is 318 g/mol. The Morgan fingerprint density at radius 2 is 2.12 bits per heavy atom. The zero-order chi connectivity index (χ0) is 17.4. The molecule has 0 saturated carbocycles. The lowest BCUT2D eigenvalue weighted by molar-refractivity contribution is -0.0511. The maximum Gasteiger partial charge on any atom is 0.283 e. The molecule has 2 aromatic heterocycles. The van der Waals surface area contributed by atoms with E-state index in [1.807, 2.05) is 6.92 Å². The number of fused-ring (bicyclic) bond motifs is 1. The standard InChI is InChI=1S/C14H21N5O5/c1-2-3-4-18-12(23)8-11(17-14(18)15)19(6-16-8)13-10(22)9(21)7(5-20)24-13/h6-7,9-10,13,20-22H,2-5H2,1H3,(H2,15,17)/t7-,9-,10-,13-/m1/s1. The summed E-state index contributed by atoms with van der Waals surface area (Å²) in [6.45, 7) is 2.01. The molecule has 1 aliphatic rings. The quantitative estimate of drug-likeness (QED) is 0.519. The number of anilines is 1. The summed E-state index contributed by atoms with van der Waals surface area (Å²) in [5.41, 5.74) is 5.80. The molecule has 0 unspecified atom stereocenters. The molecule has 0 bridgehead atoms. The summed E-state index contributed by atoms with van der Waals surface area (Å²) >= 11 is 0. The Labute approximate surface area is 137 Å². The van der Waals surface area contributed by atoms with E-state index in [1.165, 1.54) is 15.5 Å². The van der Waals surface area contributed by atoms with Crippen molar-refractivity contribution in [3.8, 4) is 0 Å². The lowest BCUT2D eigenvalue weighted by Gasteiger charge is -2.17. The van der Waals surface area contributed by atoms with Crippen molar-refractivity contribution in [3.05, 3.63) is 16.7 Å². The molecular formula is C14H21N5O5. The number of hydrogen-bond donors (Lipinski definition) is 4. The first kappa shape index (κ1) is 16.8. The molecule has 132 valence electrons. The number of imidazole rings is 1. The van der Waals surface area contributed by atoms with Gasteiger partial charge in [-0.15, -0.1) is 0 Å². The van der Waals surface area contributed by atoms with Gasteiger partial charge in [0.15, 0.2) is 17.4 Å². The van der Waals surface area contributed by atoms with Gasteiger partial charge in [-0.1, -0.05) is 13.3 Å². The topological polar surface area (TPSA) is 149 Å². The van der Waals surface area contributed by atoms with Crippen molar-refractivity contribution in [3.63, 3.8) is 0 Å². The molecule has 0 aliphatic carbocycles. The molecule has 24 heavy (non-hydrogen) atoms. The highest BCUT2D eigenvalue weighted by molar-refractivity contribution is 5.71. The van der Waals surface area contributed by atoms with Gasteiger partial charge < -0.3 is 25.8 Å². The normalized spacial score (nSPS) is 27.2. The van der Waals surface area contributed by atoms with Gasteiger partial charge in [0, 0.05) is 6.54 Å². The molecule has 1 saturated heterocycles. The first-order chi connectivity index (χ1) is 11.5. The number of aliphatic hydroxyl groups excluding tert-OH is 3. The Bertz CT molecular complexity index is 788. The van der Waals surface area contributed by atoms with Crippen LogP contribution in [0.4, 0.5) is 5.95 Å². The molecule has 1 aliphatic heterocycles. The molecule has 3 heterocycles. The van der Waals surface area contributed by atoms with E-state index in [1.54, 1.807) is 0 Å². The fourth-order valence-corrected chi connectivity index (χ4v) is 2.85. The van der Waals surface area contributed by atoms with Gasteiger partial charge in [0.1, 0.15) is 18.3 Å². The fraction of sp³-hybridized carbons (Fsp3) is 0.643. The predicted octanol–water partition coefficient (Wildman–Crippen LogP) is -1.41. The summed E-state index contributed by atoms with van der Waals surface area (Å²) in [6, 6.07) is 0. The van der Waals surface area contributed by atoms with Crippen molar-refractivity contribution in [2.75, 3.05) is 12.3 Å². The number of nitrogens with zero attached hydrogens (tertiary/aromatic N) is 4. The summed E-state index contributed by atoms with van der Waals surface area (Å²) < 4.78 is 8.16. The van der Waals surface area contributed by atoms with E-state index < -0.39 is 31.1 Å². The number of nitrogens with two attached hydrogens (primary N) is 1. The van der Waals surface area contributed by atoms with Crippen LogP contribution in [-0.2, 0) is 11.3 Å². The molecule has 0 radical (unpaired) electrons. The molecule has 2 aromatic rings. The highest BCUT2D eigenvalue weighted by Crippen LogP contribution is 2.30. The minimum absolute atomic E-state index is 0.0504. The lowest BCUT2D eigenvalue weighted by atomic mass is 10.1. The third-order valence-electron chi connectivity index (χ3n) is 4.24. The number of rotatable bonds is 5. The molecule has 10 nitrogen and oxygen atoms in total. The molecule has 5 N–H and O–H groups in total. The van der Waals surface area contributed by atoms with E-state index >= 15 is 0 Å². The average Bonchev–Trinajstić information content (AvgIpc) is 3.09. The Hall–Kier alpha value is -2.01. The summed E-state index contributed by atoms with van der Waals surface area (Å²) in [6.07, 6.45) is -1.48. The van der Waals surface area contributed by atoms with Crippen LogP contribution < -0.4 is 11.3 Å². The highest BCUT2D eigenvalue weighted by Gasteiger charge is 2.44. The molecule has 4 atom stereocenters. The number of hydrogen-bond acceptors (Lipinski definition) is 8. The van der Waals surface area contributed by atoms with Gasteiger partial charge in [0.05, 0.1) is 12.9 Å². The SMILES string of the molecule is CCCCn1c(N)nc2c(ncn2[C@@H]2O[C@H](CO)[C@@H](O)[C@H]2O)c1=O. The van der Waals surface area contributed by atoms with Crippen LogP contribution in [-0.4, -0.2) is 59.3 Å². The van der Waals surface area contributed by atoms with E-state index in [0.29, 0.717) is 6.54 Å². The van der Waals surface area contributed by atoms with Gasteiger partial charge >= 0.3 is 0 Å². The van der Waals surface area contributed by atoms with Gasteiger partial charge in [0.2, 0.25) is 5.95 Å². The average molecular weight is 339 g/mol. The first-order valence-corrected chi connectivity index (χ1v) is 7.84. The van der Waals surface area contributed by atoms with Gasteiger partial charge in [-0.2, -0.15) is 4.98 Å². The van der Waals surface area contributed by atoms with Crippen LogP contribution in [0.25, 0.3) is 11.2 Å². The van der Waals surface area contributed by atoms with Gasteiger partial charge in [-0.05, 0) is 6.42 Å². The van der Waals surface area contributed by atoms with Crippen LogP contribution >= 0.6 is 0 Å². The van der Waals surface area contributed by atoms with Crippen LogP contribution in [0, 0.1) is 0 Å². The number of aromatic nitrogens is 4. The highest BCUT2D eigenvalue weighted by atomic mass is 16.6. The van der Waals surface area contributed by atoms with Crippen molar-refractivity contribution >= 4 is 17.1 Å². The van der Waals surface area contributed by atoms with Crippen molar-refractivity contribution in [1.82, 2.24) is 19.1 Å². The van der Waals surface area contributed by atoms with Crippen LogP contribution in [0.15, 0.2) is 11.1 Å². The monoisotopic (exact) mass is 339 g/mol. The second kappa shape index (κ2) is 6.48. The van der Waals surface area contributed by atoms with E-state index in [4.69, 9.17) is 10.5 Å². The van der Waals surface area contributed by atoms with E-state index in [-0.39, 0.29) is 22.7 Å². The maximum absolute atomic E-state index is 12.5. The van der Waals surface area contributed by atoms with Gasteiger partial charge in [0.25, 0.3) is 5.56 Å². The lowest BCUT2D eigenvalue weighted by Crippen LogP contribution is -2.33. The number of unbranched alkanes of at least 4 members (excludes halogenated alkanes) is 1. The fourth-order valence-electron chi connectivity index (χ4n) is 2.85. The van der Waals surface area contributed by atoms with Crippen molar-refractivity contribution in [2.24, 2.45) is 0 Å². The first-order valence-electron chi connectivity index (χ1n) is 7.84. The molecule has 0 aromatic carbocycles. The zero-order valence-electron chi connectivity index (χ0n) is 13.2. The molecule has 0 spiro atoms. The number of ether oxygens (including phenoxy) is 1. The predicted molar refractivity (Wildman–Crippen MR) is 84.1 cm³/mol. The van der Waals surface area contributed by atoms with Gasteiger partial charge in [-0.3, -0.25) is 13.9 Å². The van der Waals surface area contributed by atoms with Crippen LogP contribution in [0.1, 0.15) is 26.0 Å². The Morgan fingerprint density at radius 3 is 2.75 bits per heavy atom. The number of nitrogen functional groups attached to an aromatic ring is 1. The Balaban J connectivity index is 2.04. The molecule has 3 rings (SSSR count). The van der Waals surface area contributed by atoms with Gasteiger partial charge in [-0.25, -0.2) is 4.98 Å². The Kier molecular flexibility index (Phi) is 4.54. The largest absolute Gasteiger partial charge is 0.394 e. The summed E-state index contributed by atoms with van der Waals surface area (Å²) in [5, 5.41) is 29.2. The second-order valence-electron chi connectivity index (χ2n) is 5.83. The molecule has 1 fully saturated rings. The van der Waals surface area contributed by atoms with E-state index in [9.17, 15) is 20.1 Å². The van der Waals surface area contributed by atoms with Crippen LogP contribution in [0.5, 0.6) is 0 Å². The second-order valence-corrected chi connectivity index (χ2v) is 5.83. The third-order valence-corrected chi connectivity index (χ3v) is 4.24. The minimum atomic E-state index is -1.29. The van der Waals surface area contributed by atoms with E-state index in [2.05, 4.69) is 9.97 Å². The minimum Gasteiger partial charge on any atom is -0.394 e. The summed E-state index contributed by atoms with van der Waals surface area (Å²) in [7, 11) is 0. The number of aliphatic hydroxyl groups is 3. The maximum atomic E-state index is 12.5. The zero-order valence-corrected chi connectivity index (χ0v) is 13.2. The smallest absolute Gasteiger partial charge is 0.283 e. The van der Waals surface area contributed by atoms with Crippen molar-refractivity contribution in [1.29, 1.82) is 0 Å². The molecule has 0 amide bonds. The summed E-state index contributed by atoms with van der Waals surface area (Å²) in [4.78, 5) is 20.8. The van der Waals surface area contributed by atoms with Crippen molar-refractivity contribution in [2.45, 2.75) is 50.8 Å². The summed E-state index contributed by atoms with van der Waals surface area (Å²) in [5.74, 6) is 0.0504. The third kappa shape index (κ3) is 2.57. The Morgan fingerprint density at radius 1 is 1.38 bits per heavy atom. The van der Waals surface area contributed by atoms with Crippen LogP contribution in [0.3, 0.4) is 0 Å². The molecule has 10 heteroatoms. The van der Waals surface area contributed by atoms with E-state index in [0.717, 1.165) is 12.8 Å². The van der Waals surface area contributed by atoms with Crippen LogP contribution in [0.2, 0.25) is 0 Å². The van der Waals surface area contributed by atoms with Crippen molar-refractivity contribution < 1.29 is 20.1 Å².